The molecule has 1 fully saturated rings. The quantitative estimate of drug-likeness (QED) is 0.659. The highest BCUT2D eigenvalue weighted by molar-refractivity contribution is 7.90. The van der Waals surface area contributed by atoms with Crippen LogP contribution in [0.1, 0.15) is 12.8 Å². The lowest BCUT2D eigenvalue weighted by atomic mass is 10.4. The summed E-state index contributed by atoms with van der Waals surface area (Å²) in [6, 6.07) is 0. The van der Waals surface area contributed by atoms with Crippen LogP contribution < -0.4 is 0 Å². The van der Waals surface area contributed by atoms with Crippen LogP contribution in [0.4, 0.5) is 0 Å². The van der Waals surface area contributed by atoms with Crippen LogP contribution in [0.2, 0.25) is 0 Å². The molecule has 0 unspecified atom stereocenters. The highest BCUT2D eigenvalue weighted by Gasteiger charge is 2.18. The predicted octanol–water partition coefficient (Wildman–Crippen LogP) is 0.540. The molecule has 14 heavy (non-hydrogen) atoms. The minimum Gasteiger partial charge on any atom is -0.302 e. The van der Waals surface area contributed by atoms with Crippen LogP contribution in [-0.2, 0) is 10.0 Å². The van der Waals surface area contributed by atoms with Gasteiger partial charge in [-0.1, -0.05) is 0 Å². The van der Waals surface area contributed by atoms with Crippen molar-refractivity contribution in [1.82, 2.24) is 9.21 Å². The Morgan fingerprint density at radius 2 is 1.93 bits per heavy atom. The standard InChI is InChI=1S/C8H17ClN2O2S/c1-10(14(12,13)8-9)6-7-11-4-2-3-5-11/h2-8H2,1H3. The van der Waals surface area contributed by atoms with Gasteiger partial charge in [-0.25, -0.2) is 12.7 Å². The van der Waals surface area contributed by atoms with Crippen LogP contribution in [0.3, 0.4) is 0 Å². The number of rotatable bonds is 5. The van der Waals surface area contributed by atoms with E-state index >= 15 is 0 Å². The van der Waals surface area contributed by atoms with Crippen LogP contribution in [-0.4, -0.2) is 56.1 Å². The zero-order chi connectivity index (χ0) is 10.6. The van der Waals surface area contributed by atoms with Crippen molar-refractivity contribution in [2.45, 2.75) is 12.8 Å². The first kappa shape index (κ1) is 12.2. The van der Waals surface area contributed by atoms with Crippen molar-refractivity contribution in [3.8, 4) is 0 Å². The minimum absolute atomic E-state index is 0.330. The fourth-order valence-electron chi connectivity index (χ4n) is 1.51. The number of likely N-dealkylation sites (N-methyl/N-ethyl adjacent to an activating group) is 1. The molecule has 0 spiro atoms. The molecule has 0 aliphatic carbocycles. The second-order valence-corrected chi connectivity index (χ2v) is 6.25. The van der Waals surface area contributed by atoms with E-state index in [1.54, 1.807) is 7.05 Å². The van der Waals surface area contributed by atoms with Gasteiger partial charge in [0.2, 0.25) is 10.0 Å². The molecule has 1 rings (SSSR count). The van der Waals surface area contributed by atoms with E-state index in [0.717, 1.165) is 19.6 Å². The molecule has 0 bridgehead atoms. The maximum atomic E-state index is 11.3. The molecule has 0 saturated carbocycles. The molecule has 0 aromatic carbocycles. The lowest BCUT2D eigenvalue weighted by Crippen LogP contribution is -2.35. The first-order valence-corrected chi connectivity index (χ1v) is 6.93. The first-order valence-electron chi connectivity index (χ1n) is 4.78. The third-order valence-corrected chi connectivity index (χ3v) is 4.78. The van der Waals surface area contributed by atoms with Crippen molar-refractivity contribution in [2.24, 2.45) is 0 Å². The molecule has 1 aliphatic heterocycles. The molecule has 1 saturated heterocycles. The van der Waals surface area contributed by atoms with Gasteiger partial charge in [-0.05, 0) is 25.9 Å². The Morgan fingerprint density at radius 3 is 2.43 bits per heavy atom. The van der Waals surface area contributed by atoms with E-state index in [1.165, 1.54) is 17.1 Å². The van der Waals surface area contributed by atoms with Crippen molar-refractivity contribution in [3.63, 3.8) is 0 Å². The Hall–Kier alpha value is 0.160. The molecular weight excluding hydrogens is 224 g/mol. The number of alkyl halides is 1. The smallest absolute Gasteiger partial charge is 0.227 e. The highest BCUT2D eigenvalue weighted by atomic mass is 35.5. The molecule has 4 nitrogen and oxygen atoms in total. The van der Waals surface area contributed by atoms with E-state index in [9.17, 15) is 8.42 Å². The summed E-state index contributed by atoms with van der Waals surface area (Å²) in [5.41, 5.74) is 0. The highest BCUT2D eigenvalue weighted by Crippen LogP contribution is 2.07. The van der Waals surface area contributed by atoms with Crippen LogP contribution in [0, 0.1) is 0 Å². The molecule has 0 aromatic heterocycles. The summed E-state index contributed by atoms with van der Waals surface area (Å²) in [5.74, 6) is 0. The summed E-state index contributed by atoms with van der Waals surface area (Å²) in [4.78, 5) is 2.28. The molecule has 0 radical (unpaired) electrons. The van der Waals surface area contributed by atoms with Gasteiger partial charge >= 0.3 is 0 Å². The number of likely N-dealkylation sites (tertiary alicyclic amines) is 1. The molecule has 84 valence electrons. The van der Waals surface area contributed by atoms with Gasteiger partial charge in [0, 0.05) is 20.1 Å². The molecule has 6 heteroatoms. The molecule has 1 heterocycles. The number of hydrogen-bond donors (Lipinski definition) is 0. The van der Waals surface area contributed by atoms with E-state index in [0.29, 0.717) is 6.54 Å². The SMILES string of the molecule is CN(CCN1CCCC1)S(=O)(=O)CCl. The van der Waals surface area contributed by atoms with Gasteiger partial charge in [0.05, 0.1) is 0 Å². The van der Waals surface area contributed by atoms with Crippen molar-refractivity contribution < 1.29 is 8.42 Å². The predicted molar refractivity (Wildman–Crippen MR) is 57.9 cm³/mol. The Labute approximate surface area is 90.9 Å². The molecule has 0 amide bonds. The average molecular weight is 241 g/mol. The summed E-state index contributed by atoms with van der Waals surface area (Å²) < 4.78 is 23.9. The van der Waals surface area contributed by atoms with Gasteiger partial charge in [0.25, 0.3) is 0 Å². The van der Waals surface area contributed by atoms with Crippen LogP contribution in [0.15, 0.2) is 0 Å². The van der Waals surface area contributed by atoms with E-state index in [1.807, 2.05) is 0 Å². The number of sulfonamides is 1. The zero-order valence-electron chi connectivity index (χ0n) is 8.45. The topological polar surface area (TPSA) is 40.6 Å². The maximum absolute atomic E-state index is 11.3. The molecule has 0 N–H and O–H groups in total. The Balaban J connectivity index is 2.30. The van der Waals surface area contributed by atoms with Crippen molar-refractivity contribution >= 4 is 21.6 Å². The van der Waals surface area contributed by atoms with Gasteiger partial charge in [-0.2, -0.15) is 0 Å². The minimum atomic E-state index is -3.22. The molecule has 1 aliphatic rings. The van der Waals surface area contributed by atoms with E-state index in [-0.39, 0.29) is 5.21 Å². The Kier molecular flexibility index (Phi) is 4.63. The van der Waals surface area contributed by atoms with Crippen molar-refractivity contribution in [2.75, 3.05) is 38.4 Å². The molecular formula is C8H17ClN2O2S. The second kappa shape index (κ2) is 5.30. The average Bonchev–Trinajstić information content (AvgIpc) is 2.66. The van der Waals surface area contributed by atoms with Crippen LogP contribution in [0.25, 0.3) is 0 Å². The van der Waals surface area contributed by atoms with Gasteiger partial charge in [0.1, 0.15) is 5.21 Å². The van der Waals surface area contributed by atoms with E-state index in [4.69, 9.17) is 11.6 Å². The number of hydrogen-bond acceptors (Lipinski definition) is 3. The van der Waals surface area contributed by atoms with Gasteiger partial charge in [-0.15, -0.1) is 11.6 Å². The van der Waals surface area contributed by atoms with Crippen LogP contribution >= 0.6 is 11.6 Å². The fourth-order valence-corrected chi connectivity index (χ4v) is 2.54. The van der Waals surface area contributed by atoms with Crippen molar-refractivity contribution in [1.29, 1.82) is 0 Å². The monoisotopic (exact) mass is 240 g/mol. The van der Waals surface area contributed by atoms with Crippen molar-refractivity contribution in [3.05, 3.63) is 0 Å². The maximum Gasteiger partial charge on any atom is 0.227 e. The number of nitrogens with zero attached hydrogens (tertiary/aromatic N) is 2. The van der Waals surface area contributed by atoms with E-state index < -0.39 is 10.0 Å². The van der Waals surface area contributed by atoms with Gasteiger partial charge < -0.3 is 4.90 Å². The normalized spacial score (nSPS) is 19.4. The first-order chi connectivity index (χ1) is 6.56. The molecule has 0 aromatic rings. The van der Waals surface area contributed by atoms with Crippen LogP contribution in [0.5, 0.6) is 0 Å². The third kappa shape index (κ3) is 3.38. The largest absolute Gasteiger partial charge is 0.302 e. The molecule has 0 atom stereocenters. The lowest BCUT2D eigenvalue weighted by Gasteiger charge is -2.20. The zero-order valence-corrected chi connectivity index (χ0v) is 10.0. The number of halogens is 1. The van der Waals surface area contributed by atoms with E-state index in [2.05, 4.69) is 4.90 Å². The summed E-state index contributed by atoms with van der Waals surface area (Å²) in [5, 5.41) is -0.330. The van der Waals surface area contributed by atoms with Gasteiger partial charge in [-0.3, -0.25) is 0 Å². The third-order valence-electron chi connectivity index (χ3n) is 2.54. The Bertz CT molecular complexity index is 263. The summed E-state index contributed by atoms with van der Waals surface area (Å²) in [6.07, 6.45) is 2.46. The lowest BCUT2D eigenvalue weighted by molar-refractivity contribution is 0.310. The summed E-state index contributed by atoms with van der Waals surface area (Å²) in [7, 11) is -1.64. The fraction of sp³-hybridized carbons (Fsp3) is 1.00. The summed E-state index contributed by atoms with van der Waals surface area (Å²) >= 11 is 5.34. The second-order valence-electron chi connectivity index (χ2n) is 3.59. The summed E-state index contributed by atoms with van der Waals surface area (Å²) in [6.45, 7) is 3.53. The van der Waals surface area contributed by atoms with Gasteiger partial charge in [0.15, 0.2) is 0 Å². The Morgan fingerprint density at radius 1 is 1.36 bits per heavy atom.